The number of halogens is 1. The molecule has 0 amide bonds. The Labute approximate surface area is 109 Å². The summed E-state index contributed by atoms with van der Waals surface area (Å²) in [6, 6.07) is 6.68. The molecular formula is C14H14FNO3. The van der Waals surface area contributed by atoms with Crippen molar-refractivity contribution in [3.8, 4) is 0 Å². The first-order valence-corrected chi connectivity index (χ1v) is 5.80. The molecule has 5 heteroatoms. The maximum absolute atomic E-state index is 13.7. The van der Waals surface area contributed by atoms with E-state index < -0.39 is 5.97 Å². The van der Waals surface area contributed by atoms with Gasteiger partial charge in [-0.25, -0.2) is 9.18 Å². The second-order valence-electron chi connectivity index (χ2n) is 4.32. The van der Waals surface area contributed by atoms with E-state index in [2.05, 4.69) is 5.32 Å². The molecule has 0 spiro atoms. The third-order valence-electron chi connectivity index (χ3n) is 2.81. The Hall–Kier alpha value is -2.30. The number of carboxylic acid groups (broad SMARTS) is 1. The summed E-state index contributed by atoms with van der Waals surface area (Å²) in [6.45, 7) is 3.57. The molecule has 0 aliphatic carbocycles. The van der Waals surface area contributed by atoms with Gasteiger partial charge in [0.05, 0.1) is 12.2 Å². The van der Waals surface area contributed by atoms with E-state index in [1.165, 1.54) is 0 Å². The molecule has 0 radical (unpaired) electrons. The SMILES string of the molecule is Cc1cc(CNc2cccc(C)c2F)oc1C(=O)O. The van der Waals surface area contributed by atoms with E-state index in [4.69, 9.17) is 9.52 Å². The first-order valence-electron chi connectivity index (χ1n) is 5.80. The Balaban J connectivity index is 2.13. The van der Waals surface area contributed by atoms with Crippen LogP contribution >= 0.6 is 0 Å². The zero-order valence-electron chi connectivity index (χ0n) is 10.7. The molecule has 100 valence electrons. The maximum Gasteiger partial charge on any atom is 0.372 e. The number of rotatable bonds is 4. The van der Waals surface area contributed by atoms with Crippen molar-refractivity contribution in [2.24, 2.45) is 0 Å². The molecule has 2 rings (SSSR count). The first kappa shape index (κ1) is 13.1. The number of anilines is 1. The number of aromatic carboxylic acids is 1. The molecule has 2 aromatic rings. The molecule has 0 fully saturated rings. The lowest BCUT2D eigenvalue weighted by atomic mass is 10.2. The minimum Gasteiger partial charge on any atom is -0.475 e. The second-order valence-corrected chi connectivity index (χ2v) is 4.32. The van der Waals surface area contributed by atoms with Crippen LogP contribution in [0.4, 0.5) is 10.1 Å². The van der Waals surface area contributed by atoms with Crippen LogP contribution in [-0.2, 0) is 6.54 Å². The highest BCUT2D eigenvalue weighted by Gasteiger charge is 2.14. The zero-order chi connectivity index (χ0) is 14.0. The minimum absolute atomic E-state index is 0.0819. The molecule has 0 atom stereocenters. The largest absolute Gasteiger partial charge is 0.475 e. The highest BCUT2D eigenvalue weighted by atomic mass is 19.1. The summed E-state index contributed by atoms with van der Waals surface area (Å²) in [5.41, 5.74) is 1.46. The summed E-state index contributed by atoms with van der Waals surface area (Å²) in [5, 5.41) is 11.8. The quantitative estimate of drug-likeness (QED) is 0.888. The van der Waals surface area contributed by atoms with E-state index in [0.717, 1.165) is 0 Å². The summed E-state index contributed by atoms with van der Waals surface area (Å²) in [5.74, 6) is -1.05. The number of carbonyl (C=O) groups is 1. The molecule has 0 saturated heterocycles. The van der Waals surface area contributed by atoms with Gasteiger partial charge < -0.3 is 14.8 Å². The van der Waals surface area contributed by atoms with Gasteiger partial charge in [0.1, 0.15) is 11.6 Å². The van der Waals surface area contributed by atoms with Crippen LogP contribution in [0.3, 0.4) is 0 Å². The fraction of sp³-hybridized carbons (Fsp3) is 0.214. The van der Waals surface area contributed by atoms with Crippen molar-refractivity contribution < 1.29 is 18.7 Å². The second kappa shape index (κ2) is 5.14. The lowest BCUT2D eigenvalue weighted by molar-refractivity contribution is 0.0659. The Bertz CT molecular complexity index is 619. The predicted octanol–water partition coefficient (Wildman–Crippen LogP) is 3.35. The third kappa shape index (κ3) is 2.76. The molecule has 0 bridgehead atoms. The number of hydrogen-bond acceptors (Lipinski definition) is 3. The Kier molecular flexibility index (Phi) is 3.55. The Morgan fingerprint density at radius 3 is 2.74 bits per heavy atom. The van der Waals surface area contributed by atoms with Gasteiger partial charge in [0, 0.05) is 5.56 Å². The number of aryl methyl sites for hydroxylation is 2. The van der Waals surface area contributed by atoms with Crippen molar-refractivity contribution in [1.82, 2.24) is 0 Å². The topological polar surface area (TPSA) is 62.5 Å². The molecule has 1 aromatic carbocycles. The van der Waals surface area contributed by atoms with E-state index >= 15 is 0 Å². The number of furan rings is 1. The van der Waals surface area contributed by atoms with Crippen molar-refractivity contribution in [2.75, 3.05) is 5.32 Å². The van der Waals surface area contributed by atoms with Crippen molar-refractivity contribution in [1.29, 1.82) is 0 Å². The predicted molar refractivity (Wildman–Crippen MR) is 68.9 cm³/mol. The minimum atomic E-state index is -1.11. The average molecular weight is 263 g/mol. The fourth-order valence-corrected chi connectivity index (χ4v) is 1.81. The number of nitrogens with one attached hydrogen (secondary N) is 1. The highest BCUT2D eigenvalue weighted by Crippen LogP contribution is 2.20. The van der Waals surface area contributed by atoms with Crippen LogP contribution in [0.2, 0.25) is 0 Å². The summed E-state index contributed by atoms with van der Waals surface area (Å²) >= 11 is 0. The number of benzene rings is 1. The highest BCUT2D eigenvalue weighted by molar-refractivity contribution is 5.86. The Morgan fingerprint density at radius 1 is 1.37 bits per heavy atom. The summed E-state index contributed by atoms with van der Waals surface area (Å²) < 4.78 is 18.9. The van der Waals surface area contributed by atoms with E-state index in [9.17, 15) is 9.18 Å². The van der Waals surface area contributed by atoms with Gasteiger partial charge >= 0.3 is 5.97 Å². The van der Waals surface area contributed by atoms with E-state index in [1.807, 2.05) is 0 Å². The zero-order valence-corrected chi connectivity index (χ0v) is 10.7. The van der Waals surface area contributed by atoms with Gasteiger partial charge in [0.2, 0.25) is 5.76 Å². The first-order chi connectivity index (χ1) is 8.99. The van der Waals surface area contributed by atoms with Gasteiger partial charge in [-0.15, -0.1) is 0 Å². The van der Waals surface area contributed by atoms with Crippen molar-refractivity contribution in [3.05, 3.63) is 52.7 Å². The van der Waals surface area contributed by atoms with Crippen LogP contribution in [0, 0.1) is 19.7 Å². The summed E-state index contributed by atoms with van der Waals surface area (Å²) in [4.78, 5) is 10.8. The van der Waals surface area contributed by atoms with Crippen molar-refractivity contribution in [3.63, 3.8) is 0 Å². The molecule has 0 unspecified atom stereocenters. The normalized spacial score (nSPS) is 10.5. The summed E-state index contributed by atoms with van der Waals surface area (Å²) in [7, 11) is 0. The van der Waals surface area contributed by atoms with Crippen LogP contribution in [0.5, 0.6) is 0 Å². The monoisotopic (exact) mass is 263 g/mol. The van der Waals surface area contributed by atoms with E-state index in [-0.39, 0.29) is 18.1 Å². The smallest absolute Gasteiger partial charge is 0.372 e. The third-order valence-corrected chi connectivity index (χ3v) is 2.81. The van der Waals surface area contributed by atoms with E-state index in [1.54, 1.807) is 38.1 Å². The van der Waals surface area contributed by atoms with Gasteiger partial charge in [-0.1, -0.05) is 12.1 Å². The lowest BCUT2D eigenvalue weighted by Crippen LogP contribution is -2.01. The number of carboxylic acids is 1. The standard InChI is InChI=1S/C14H14FNO3/c1-8-4-3-5-11(12(8)15)16-7-10-6-9(2)13(19-10)14(17)18/h3-6,16H,7H2,1-2H3,(H,17,18). The van der Waals surface area contributed by atoms with Crippen molar-refractivity contribution in [2.45, 2.75) is 20.4 Å². The lowest BCUT2D eigenvalue weighted by Gasteiger charge is -2.07. The van der Waals surface area contributed by atoms with Gasteiger partial charge in [-0.2, -0.15) is 0 Å². The molecule has 2 N–H and O–H groups in total. The van der Waals surface area contributed by atoms with Crippen LogP contribution in [0.15, 0.2) is 28.7 Å². The molecule has 1 heterocycles. The molecule has 0 aliphatic heterocycles. The molecule has 4 nitrogen and oxygen atoms in total. The number of hydrogen-bond donors (Lipinski definition) is 2. The van der Waals surface area contributed by atoms with Crippen molar-refractivity contribution >= 4 is 11.7 Å². The van der Waals surface area contributed by atoms with Crippen LogP contribution < -0.4 is 5.32 Å². The van der Waals surface area contributed by atoms with Gasteiger partial charge in [0.25, 0.3) is 0 Å². The van der Waals surface area contributed by atoms with Gasteiger partial charge in [-0.3, -0.25) is 0 Å². The van der Waals surface area contributed by atoms with Crippen LogP contribution in [-0.4, -0.2) is 11.1 Å². The molecule has 0 saturated carbocycles. The molecule has 1 aromatic heterocycles. The Morgan fingerprint density at radius 2 is 2.11 bits per heavy atom. The van der Waals surface area contributed by atoms with E-state index in [0.29, 0.717) is 22.6 Å². The van der Waals surface area contributed by atoms with Crippen LogP contribution in [0.25, 0.3) is 0 Å². The maximum atomic E-state index is 13.7. The van der Waals surface area contributed by atoms with Crippen LogP contribution in [0.1, 0.15) is 27.4 Å². The molecule has 0 aliphatic rings. The van der Waals surface area contributed by atoms with Gasteiger partial charge in [-0.05, 0) is 31.5 Å². The fourth-order valence-electron chi connectivity index (χ4n) is 1.81. The van der Waals surface area contributed by atoms with Gasteiger partial charge in [0.15, 0.2) is 0 Å². The molecular weight excluding hydrogens is 249 g/mol. The summed E-state index contributed by atoms with van der Waals surface area (Å²) in [6.07, 6.45) is 0. The molecule has 19 heavy (non-hydrogen) atoms. The average Bonchev–Trinajstić information content (AvgIpc) is 2.73.